The number of tetrazole rings is 1. The van der Waals surface area contributed by atoms with E-state index in [0.717, 1.165) is 30.2 Å². The lowest BCUT2D eigenvalue weighted by molar-refractivity contribution is 0.520. The molecule has 0 aliphatic heterocycles. The normalized spacial score (nSPS) is 12.0. The van der Waals surface area contributed by atoms with Crippen LogP contribution in [0.15, 0.2) is 28.3 Å². The second-order valence-electron chi connectivity index (χ2n) is 5.08. The van der Waals surface area contributed by atoms with Crippen LogP contribution in [0.2, 0.25) is 0 Å². The maximum absolute atomic E-state index is 12.0. The van der Waals surface area contributed by atoms with Crippen molar-refractivity contribution in [3.05, 3.63) is 24.2 Å². The van der Waals surface area contributed by atoms with Crippen molar-refractivity contribution in [2.24, 2.45) is 0 Å². The van der Waals surface area contributed by atoms with Crippen LogP contribution in [0.25, 0.3) is 0 Å². The van der Waals surface area contributed by atoms with E-state index >= 15 is 0 Å². The Morgan fingerprint density at radius 2 is 2.09 bits per heavy atom. The zero-order chi connectivity index (χ0) is 16.9. The summed E-state index contributed by atoms with van der Waals surface area (Å²) in [5, 5.41) is 12.4. The van der Waals surface area contributed by atoms with Crippen molar-refractivity contribution in [3.8, 4) is 0 Å². The molecule has 126 valence electrons. The minimum absolute atomic E-state index is 0.180. The molecule has 2 rings (SSSR count). The van der Waals surface area contributed by atoms with Crippen molar-refractivity contribution in [2.75, 3.05) is 14.1 Å². The van der Waals surface area contributed by atoms with Crippen molar-refractivity contribution in [3.63, 3.8) is 0 Å². The van der Waals surface area contributed by atoms with Gasteiger partial charge in [0.15, 0.2) is 5.82 Å². The summed E-state index contributed by atoms with van der Waals surface area (Å²) >= 11 is 1.47. The molecule has 8 nitrogen and oxygen atoms in total. The first-order valence-corrected chi connectivity index (χ1v) is 9.64. The molecule has 0 aromatic carbocycles. The molecule has 2 aromatic rings. The molecule has 0 radical (unpaired) electrons. The van der Waals surface area contributed by atoms with E-state index in [4.69, 9.17) is 0 Å². The van der Waals surface area contributed by atoms with E-state index in [0.29, 0.717) is 5.75 Å². The molecule has 23 heavy (non-hydrogen) atoms. The standard InChI is InChI=1S/C13H20N6O2S2/c1-4-5-8-19-12(15-16-17-19)10-22-13-7-6-11(9-14-13)23(20,21)18(2)3/h6-7,9H,4-5,8,10H2,1-3H3. The molecule has 10 heteroatoms. The van der Waals surface area contributed by atoms with Gasteiger partial charge < -0.3 is 0 Å². The highest BCUT2D eigenvalue weighted by atomic mass is 32.2. The fourth-order valence-corrected chi connectivity index (χ4v) is 3.39. The van der Waals surface area contributed by atoms with Crippen LogP contribution in [0, 0.1) is 0 Å². The van der Waals surface area contributed by atoms with Gasteiger partial charge in [-0.3, -0.25) is 0 Å². The highest BCUT2D eigenvalue weighted by Gasteiger charge is 2.17. The molecule has 0 aliphatic carbocycles. The predicted molar refractivity (Wildman–Crippen MR) is 87.4 cm³/mol. The van der Waals surface area contributed by atoms with E-state index < -0.39 is 10.0 Å². The average Bonchev–Trinajstić information content (AvgIpc) is 2.98. The van der Waals surface area contributed by atoms with E-state index in [-0.39, 0.29) is 4.90 Å². The van der Waals surface area contributed by atoms with Crippen LogP contribution < -0.4 is 0 Å². The average molecular weight is 356 g/mol. The lowest BCUT2D eigenvalue weighted by Crippen LogP contribution is -2.22. The molecule has 2 aromatic heterocycles. The van der Waals surface area contributed by atoms with Gasteiger partial charge in [-0.1, -0.05) is 25.1 Å². The number of rotatable bonds is 8. The Balaban J connectivity index is 2.01. The summed E-state index contributed by atoms with van der Waals surface area (Å²) in [7, 11) is -0.455. The van der Waals surface area contributed by atoms with Gasteiger partial charge >= 0.3 is 0 Å². The zero-order valence-corrected chi connectivity index (χ0v) is 15.0. The van der Waals surface area contributed by atoms with Crippen LogP contribution in [0.4, 0.5) is 0 Å². The molecule has 0 N–H and O–H groups in total. The number of unbranched alkanes of at least 4 members (excludes halogenated alkanes) is 1. The van der Waals surface area contributed by atoms with Gasteiger partial charge in [-0.25, -0.2) is 22.4 Å². The van der Waals surface area contributed by atoms with E-state index in [9.17, 15) is 8.42 Å². The molecule has 0 unspecified atom stereocenters. The molecule has 0 bridgehead atoms. The van der Waals surface area contributed by atoms with Crippen molar-refractivity contribution in [1.29, 1.82) is 0 Å². The van der Waals surface area contributed by atoms with Crippen molar-refractivity contribution < 1.29 is 8.42 Å². The summed E-state index contributed by atoms with van der Waals surface area (Å²) in [5.74, 6) is 1.37. The largest absolute Gasteiger partial charge is 0.249 e. The third kappa shape index (κ3) is 4.49. The predicted octanol–water partition coefficient (Wildman–Crippen LogP) is 1.41. The highest BCUT2D eigenvalue weighted by Crippen LogP contribution is 2.21. The molecule has 2 heterocycles. The fourth-order valence-electron chi connectivity index (χ4n) is 1.76. The number of thioether (sulfide) groups is 1. The monoisotopic (exact) mass is 356 g/mol. The molecular weight excluding hydrogens is 336 g/mol. The van der Waals surface area contributed by atoms with E-state index in [1.807, 2.05) is 0 Å². The number of hydrogen-bond acceptors (Lipinski definition) is 7. The summed E-state index contributed by atoms with van der Waals surface area (Å²) in [6.07, 6.45) is 3.48. The summed E-state index contributed by atoms with van der Waals surface area (Å²) < 4.78 is 26.9. The minimum atomic E-state index is -3.44. The van der Waals surface area contributed by atoms with Gasteiger partial charge in [0, 0.05) is 26.8 Å². The Morgan fingerprint density at radius 1 is 1.30 bits per heavy atom. The Kier molecular flexibility index (Phi) is 6.08. The first-order chi connectivity index (χ1) is 10.9. The molecule has 0 aliphatic rings. The van der Waals surface area contributed by atoms with Crippen LogP contribution >= 0.6 is 11.8 Å². The van der Waals surface area contributed by atoms with Gasteiger partial charge in [-0.15, -0.1) is 5.10 Å². The lowest BCUT2D eigenvalue weighted by atomic mass is 10.3. The summed E-state index contributed by atoms with van der Waals surface area (Å²) in [5.41, 5.74) is 0. The smallest absolute Gasteiger partial charge is 0.244 e. The Labute approximate surface area is 140 Å². The first-order valence-electron chi connectivity index (χ1n) is 7.21. The van der Waals surface area contributed by atoms with Gasteiger partial charge in [0.2, 0.25) is 10.0 Å². The number of aromatic nitrogens is 5. The molecule has 0 saturated carbocycles. The second-order valence-corrected chi connectivity index (χ2v) is 8.23. The maximum atomic E-state index is 12.0. The fraction of sp³-hybridized carbons (Fsp3) is 0.538. The molecule has 0 fully saturated rings. The summed E-state index contributed by atoms with van der Waals surface area (Å²) in [6.45, 7) is 2.92. The van der Waals surface area contributed by atoms with Crippen LogP contribution in [0.1, 0.15) is 25.6 Å². The third-order valence-corrected chi connectivity index (χ3v) is 5.90. The van der Waals surface area contributed by atoms with Crippen molar-refractivity contribution in [1.82, 2.24) is 29.5 Å². The second kappa shape index (κ2) is 7.84. The molecule has 0 saturated heterocycles. The Bertz CT molecular complexity index is 727. The van der Waals surface area contributed by atoms with Gasteiger partial charge in [-0.05, 0) is 29.0 Å². The topological polar surface area (TPSA) is 93.9 Å². The number of pyridine rings is 1. The maximum Gasteiger partial charge on any atom is 0.244 e. The summed E-state index contributed by atoms with van der Waals surface area (Å²) in [6, 6.07) is 3.26. The summed E-state index contributed by atoms with van der Waals surface area (Å²) in [4.78, 5) is 4.38. The first kappa shape index (κ1) is 17.8. The number of hydrogen-bond donors (Lipinski definition) is 0. The van der Waals surface area contributed by atoms with E-state index in [2.05, 4.69) is 27.4 Å². The van der Waals surface area contributed by atoms with Gasteiger partial charge in [0.1, 0.15) is 4.90 Å². The van der Waals surface area contributed by atoms with Crippen molar-refractivity contribution >= 4 is 21.8 Å². The van der Waals surface area contributed by atoms with Crippen LogP contribution in [0.3, 0.4) is 0 Å². The Morgan fingerprint density at radius 3 is 2.70 bits per heavy atom. The molecule has 0 amide bonds. The van der Waals surface area contributed by atoms with Crippen LogP contribution in [-0.2, 0) is 22.3 Å². The minimum Gasteiger partial charge on any atom is -0.249 e. The number of sulfonamides is 1. The van der Waals surface area contributed by atoms with Crippen molar-refractivity contribution in [2.45, 2.75) is 42.0 Å². The van der Waals surface area contributed by atoms with Gasteiger partial charge in [0.05, 0.1) is 10.8 Å². The third-order valence-electron chi connectivity index (χ3n) is 3.17. The van der Waals surface area contributed by atoms with Crippen LogP contribution in [0.5, 0.6) is 0 Å². The molecular formula is C13H20N6O2S2. The lowest BCUT2D eigenvalue weighted by Gasteiger charge is -2.11. The number of aryl methyl sites for hydroxylation is 1. The number of nitrogens with zero attached hydrogens (tertiary/aromatic N) is 6. The van der Waals surface area contributed by atoms with Gasteiger partial charge in [-0.2, -0.15) is 0 Å². The molecule has 0 atom stereocenters. The Hall–Kier alpha value is -1.52. The van der Waals surface area contributed by atoms with Gasteiger partial charge in [0.25, 0.3) is 0 Å². The quantitative estimate of drug-likeness (QED) is 0.660. The highest BCUT2D eigenvalue weighted by molar-refractivity contribution is 7.98. The van der Waals surface area contributed by atoms with Crippen LogP contribution in [-0.4, -0.2) is 52.0 Å². The van der Waals surface area contributed by atoms with E-state index in [1.165, 1.54) is 36.4 Å². The SMILES string of the molecule is CCCCn1nnnc1CSc1ccc(S(=O)(=O)N(C)C)cn1. The molecule has 0 spiro atoms. The van der Waals surface area contributed by atoms with E-state index in [1.54, 1.807) is 16.8 Å². The zero-order valence-electron chi connectivity index (χ0n) is 13.4.